The lowest BCUT2D eigenvalue weighted by molar-refractivity contribution is -0.912. The zero-order valence-electron chi connectivity index (χ0n) is 13.1. The second-order valence-corrected chi connectivity index (χ2v) is 5.63. The maximum Gasteiger partial charge on any atom is 0.198 e. The Morgan fingerprint density at radius 2 is 2.05 bits per heavy atom. The Kier molecular flexibility index (Phi) is 5.12. The van der Waals surface area contributed by atoms with Gasteiger partial charge in [0.2, 0.25) is 0 Å². The Bertz CT molecular complexity index is 678. The number of halogens is 1. The lowest BCUT2D eigenvalue weighted by Gasteiger charge is -2.18. The van der Waals surface area contributed by atoms with Crippen LogP contribution in [-0.2, 0) is 6.54 Å². The van der Waals surface area contributed by atoms with Gasteiger partial charge in [-0.3, -0.25) is 4.79 Å². The van der Waals surface area contributed by atoms with Crippen molar-refractivity contribution in [1.82, 2.24) is 4.98 Å². The summed E-state index contributed by atoms with van der Waals surface area (Å²) < 4.78 is 13.4. The first-order valence-electron chi connectivity index (χ1n) is 7.71. The molecule has 0 aliphatic heterocycles. The molecule has 0 aliphatic rings. The maximum atomic E-state index is 13.4. The van der Waals surface area contributed by atoms with E-state index < -0.39 is 0 Å². The summed E-state index contributed by atoms with van der Waals surface area (Å²) in [6.07, 6.45) is 2.31. The van der Waals surface area contributed by atoms with E-state index >= 15 is 0 Å². The monoisotopic (exact) mass is 291 g/mol. The molecule has 1 aromatic carbocycles. The summed E-state index contributed by atoms with van der Waals surface area (Å²) >= 11 is 0. The molecule has 21 heavy (non-hydrogen) atoms. The molecule has 1 aromatic heterocycles. The van der Waals surface area contributed by atoms with E-state index in [0.29, 0.717) is 17.4 Å². The van der Waals surface area contributed by atoms with Crippen LogP contribution in [0.4, 0.5) is 4.39 Å². The van der Waals surface area contributed by atoms with E-state index in [1.807, 2.05) is 6.92 Å². The Morgan fingerprint density at radius 3 is 2.71 bits per heavy atom. The summed E-state index contributed by atoms with van der Waals surface area (Å²) in [4.78, 5) is 17.2. The van der Waals surface area contributed by atoms with Crippen LogP contribution in [0.1, 0.15) is 37.9 Å². The molecule has 2 rings (SSSR count). The van der Waals surface area contributed by atoms with E-state index in [1.54, 1.807) is 6.07 Å². The van der Waals surface area contributed by atoms with Crippen LogP contribution >= 0.6 is 0 Å². The molecule has 1 unspecified atom stereocenters. The van der Waals surface area contributed by atoms with Gasteiger partial charge in [0.1, 0.15) is 12.4 Å². The molecular formula is C17H24FN2O+. The molecule has 0 fully saturated rings. The fourth-order valence-corrected chi connectivity index (χ4v) is 2.70. The molecule has 1 heterocycles. The molecule has 0 saturated carbocycles. The minimum Gasteiger partial charge on any atom is -0.358 e. The third kappa shape index (κ3) is 3.50. The van der Waals surface area contributed by atoms with Gasteiger partial charge in [0.15, 0.2) is 5.43 Å². The summed E-state index contributed by atoms with van der Waals surface area (Å²) in [7, 11) is 0. The maximum absolute atomic E-state index is 13.4. The van der Waals surface area contributed by atoms with Crippen molar-refractivity contribution in [3.63, 3.8) is 0 Å². The highest BCUT2D eigenvalue weighted by Crippen LogP contribution is 2.12. The number of quaternary nitrogens is 1. The van der Waals surface area contributed by atoms with Crippen molar-refractivity contribution in [2.75, 3.05) is 13.1 Å². The van der Waals surface area contributed by atoms with Crippen molar-refractivity contribution < 1.29 is 9.29 Å². The van der Waals surface area contributed by atoms with Crippen LogP contribution in [-0.4, -0.2) is 18.1 Å². The van der Waals surface area contributed by atoms with Crippen molar-refractivity contribution in [2.24, 2.45) is 0 Å². The van der Waals surface area contributed by atoms with E-state index in [4.69, 9.17) is 0 Å². The number of hydrogen-bond acceptors (Lipinski definition) is 1. The molecule has 0 aliphatic carbocycles. The Hall–Kier alpha value is -1.68. The van der Waals surface area contributed by atoms with Gasteiger partial charge in [0.05, 0.1) is 18.7 Å². The standard InChI is InChI=1S/C17H23FN2O/c1-4-6-9-20(5-2)11-15-12(3)19-16-8-7-13(18)10-14(16)17(15)21/h7-8,10H,4-6,9,11H2,1-3H3,(H,19,21)/p+1. The van der Waals surface area contributed by atoms with Crippen molar-refractivity contribution in [2.45, 2.75) is 40.2 Å². The summed E-state index contributed by atoms with van der Waals surface area (Å²) in [6.45, 7) is 8.98. The van der Waals surface area contributed by atoms with Crippen LogP contribution in [0.15, 0.2) is 23.0 Å². The molecule has 0 amide bonds. The number of nitrogens with one attached hydrogen (secondary N) is 2. The van der Waals surface area contributed by atoms with Crippen LogP contribution in [0, 0.1) is 12.7 Å². The minimum absolute atomic E-state index is 0.0387. The largest absolute Gasteiger partial charge is 0.358 e. The number of unbranched alkanes of at least 4 members (excludes halogenated alkanes) is 1. The summed E-state index contributed by atoms with van der Waals surface area (Å²) in [5.74, 6) is -0.367. The topological polar surface area (TPSA) is 37.3 Å². The SMILES string of the molecule is CCCC[NH+](CC)Cc1c(C)[nH]c2ccc(F)cc2c1=O. The number of aromatic nitrogens is 1. The van der Waals surface area contributed by atoms with Gasteiger partial charge >= 0.3 is 0 Å². The van der Waals surface area contributed by atoms with Gasteiger partial charge in [-0.1, -0.05) is 13.3 Å². The highest BCUT2D eigenvalue weighted by Gasteiger charge is 2.15. The molecule has 0 spiro atoms. The normalized spacial score (nSPS) is 12.8. The number of fused-ring (bicyclic) bond motifs is 1. The molecule has 4 heteroatoms. The number of pyridine rings is 1. The predicted octanol–water partition coefficient (Wildman–Crippen LogP) is 2.18. The number of aromatic amines is 1. The lowest BCUT2D eigenvalue weighted by Crippen LogP contribution is -3.10. The molecular weight excluding hydrogens is 267 g/mol. The number of aryl methyl sites for hydroxylation is 1. The van der Waals surface area contributed by atoms with Gasteiger partial charge < -0.3 is 9.88 Å². The quantitative estimate of drug-likeness (QED) is 0.841. The van der Waals surface area contributed by atoms with Gasteiger partial charge in [-0.25, -0.2) is 4.39 Å². The molecule has 3 nitrogen and oxygen atoms in total. The van der Waals surface area contributed by atoms with Crippen LogP contribution < -0.4 is 10.3 Å². The van der Waals surface area contributed by atoms with Gasteiger partial charge in [-0.15, -0.1) is 0 Å². The first-order valence-corrected chi connectivity index (χ1v) is 7.71. The molecule has 114 valence electrons. The van der Waals surface area contributed by atoms with Gasteiger partial charge in [-0.2, -0.15) is 0 Å². The van der Waals surface area contributed by atoms with E-state index in [2.05, 4.69) is 18.8 Å². The molecule has 2 N–H and O–H groups in total. The van der Waals surface area contributed by atoms with Gasteiger partial charge in [0, 0.05) is 16.6 Å². The number of H-pyrrole nitrogens is 1. The highest BCUT2D eigenvalue weighted by molar-refractivity contribution is 5.79. The van der Waals surface area contributed by atoms with Crippen LogP contribution in [0.25, 0.3) is 10.9 Å². The zero-order chi connectivity index (χ0) is 15.4. The number of benzene rings is 1. The van der Waals surface area contributed by atoms with E-state index in [9.17, 15) is 9.18 Å². The third-order valence-electron chi connectivity index (χ3n) is 4.09. The molecule has 1 atom stereocenters. The lowest BCUT2D eigenvalue weighted by atomic mass is 10.1. The average molecular weight is 291 g/mol. The van der Waals surface area contributed by atoms with Crippen LogP contribution in [0.2, 0.25) is 0 Å². The van der Waals surface area contributed by atoms with Crippen molar-refractivity contribution in [3.05, 3.63) is 45.5 Å². The first kappa shape index (κ1) is 15.7. The zero-order valence-corrected chi connectivity index (χ0v) is 13.1. The smallest absolute Gasteiger partial charge is 0.198 e. The second kappa shape index (κ2) is 6.85. The van der Waals surface area contributed by atoms with Crippen LogP contribution in [0.5, 0.6) is 0 Å². The van der Waals surface area contributed by atoms with E-state index in [-0.39, 0.29) is 11.2 Å². The number of rotatable bonds is 6. The molecule has 0 saturated heterocycles. The minimum atomic E-state index is -0.367. The summed E-state index contributed by atoms with van der Waals surface area (Å²) in [5.41, 5.74) is 2.33. The molecule has 0 bridgehead atoms. The second-order valence-electron chi connectivity index (χ2n) is 5.63. The van der Waals surface area contributed by atoms with Crippen molar-refractivity contribution in [3.8, 4) is 0 Å². The average Bonchev–Trinajstić information content (AvgIpc) is 2.47. The molecule has 2 aromatic rings. The van der Waals surface area contributed by atoms with Crippen molar-refractivity contribution >= 4 is 10.9 Å². The number of hydrogen-bond donors (Lipinski definition) is 2. The van der Waals surface area contributed by atoms with E-state index in [0.717, 1.165) is 37.2 Å². The Balaban J connectivity index is 2.41. The predicted molar refractivity (Wildman–Crippen MR) is 84.2 cm³/mol. The van der Waals surface area contributed by atoms with Gasteiger partial charge in [0.25, 0.3) is 0 Å². The fourth-order valence-electron chi connectivity index (χ4n) is 2.70. The Morgan fingerprint density at radius 1 is 1.29 bits per heavy atom. The third-order valence-corrected chi connectivity index (χ3v) is 4.09. The van der Waals surface area contributed by atoms with Gasteiger partial charge in [-0.05, 0) is 38.5 Å². The fraction of sp³-hybridized carbons (Fsp3) is 0.471. The summed E-state index contributed by atoms with van der Waals surface area (Å²) in [6, 6.07) is 4.33. The summed E-state index contributed by atoms with van der Waals surface area (Å²) in [5, 5.41) is 0.446. The van der Waals surface area contributed by atoms with Crippen molar-refractivity contribution in [1.29, 1.82) is 0 Å². The van der Waals surface area contributed by atoms with Crippen LogP contribution in [0.3, 0.4) is 0 Å². The first-order chi connectivity index (χ1) is 10.1. The molecule has 0 radical (unpaired) electrons. The van der Waals surface area contributed by atoms with E-state index in [1.165, 1.54) is 17.0 Å². The Labute approximate surface area is 124 Å². The highest BCUT2D eigenvalue weighted by atomic mass is 19.1.